The van der Waals surface area contributed by atoms with E-state index in [0.717, 1.165) is 11.9 Å². The minimum absolute atomic E-state index is 0.0969. The summed E-state index contributed by atoms with van der Waals surface area (Å²) in [7, 11) is 1.16. The van der Waals surface area contributed by atoms with Gasteiger partial charge in [0.25, 0.3) is 11.8 Å². The maximum Gasteiger partial charge on any atom is 0.416 e. The third kappa shape index (κ3) is 3.97. The monoisotopic (exact) mass is 660 g/mol. The Morgan fingerprint density at radius 2 is 1.45 bits per heavy atom. The smallest absolute Gasteiger partial charge is 0.416 e. The zero-order chi connectivity index (χ0) is 32.3. The lowest BCUT2D eigenvalue weighted by atomic mass is 9.56. The Bertz CT molecular complexity index is 1660. The first-order valence-corrected chi connectivity index (χ1v) is 13.9. The number of benzene rings is 2. The summed E-state index contributed by atoms with van der Waals surface area (Å²) in [6.45, 7) is 0. The van der Waals surface area contributed by atoms with Crippen LogP contribution in [0.4, 0.5) is 32.0 Å². The summed E-state index contributed by atoms with van der Waals surface area (Å²) < 4.78 is 81.6. The van der Waals surface area contributed by atoms with Crippen molar-refractivity contribution < 1.29 is 50.6 Å². The molecule has 15 heteroatoms. The number of rotatable bonds is 2. The molecular weight excluding hydrogens is 641 g/mol. The second-order valence-corrected chi connectivity index (χ2v) is 12.6. The van der Waals surface area contributed by atoms with E-state index < -0.39 is 92.6 Å². The molecule has 2 aliphatic heterocycles. The Balaban J connectivity index is 1.50. The molecule has 232 valence electrons. The first kappa shape index (κ1) is 30.4. The number of hydrogen-bond acceptors (Lipinski definition) is 5. The fourth-order valence-corrected chi connectivity index (χ4v) is 8.15. The van der Waals surface area contributed by atoms with Gasteiger partial charge in [-0.2, -0.15) is 26.3 Å². The highest BCUT2D eigenvalue weighted by molar-refractivity contribution is 6.53. The number of nitrogens with zero attached hydrogens (tertiary/aromatic N) is 2. The number of para-hydroxylation sites is 1. The van der Waals surface area contributed by atoms with Crippen LogP contribution in [0.3, 0.4) is 0 Å². The average molecular weight is 661 g/mol. The van der Waals surface area contributed by atoms with Gasteiger partial charge >= 0.3 is 12.4 Å². The molecule has 0 radical (unpaired) electrons. The largest absolute Gasteiger partial charge is 0.508 e. The first-order chi connectivity index (χ1) is 20.3. The summed E-state index contributed by atoms with van der Waals surface area (Å²) in [6, 6.07) is 6.26. The van der Waals surface area contributed by atoms with Gasteiger partial charge in [0.2, 0.25) is 11.8 Å². The number of phenolic OH excluding ortho intramolecular Hbond substituents is 1. The van der Waals surface area contributed by atoms with Crippen molar-refractivity contribution in [3.63, 3.8) is 0 Å². The van der Waals surface area contributed by atoms with Crippen molar-refractivity contribution >= 4 is 52.5 Å². The number of carbonyl (C=O) groups is 4. The Morgan fingerprint density at radius 1 is 0.864 bits per heavy atom. The van der Waals surface area contributed by atoms with Crippen molar-refractivity contribution in [1.82, 2.24) is 4.90 Å². The van der Waals surface area contributed by atoms with Gasteiger partial charge < -0.3 is 5.11 Å². The third-order valence-electron chi connectivity index (χ3n) is 9.09. The van der Waals surface area contributed by atoms with Crippen LogP contribution in [0, 0.1) is 17.8 Å². The van der Waals surface area contributed by atoms with Gasteiger partial charge in [0.1, 0.15) is 5.75 Å². The predicted molar refractivity (Wildman–Crippen MR) is 143 cm³/mol. The van der Waals surface area contributed by atoms with E-state index in [-0.39, 0.29) is 23.8 Å². The predicted octanol–water partition coefficient (Wildman–Crippen LogP) is 5.62. The first-order valence-electron chi connectivity index (χ1n) is 13.2. The normalized spacial score (nSPS) is 32.1. The second-order valence-electron chi connectivity index (χ2n) is 11.3. The van der Waals surface area contributed by atoms with E-state index in [1.54, 1.807) is 0 Å². The molecule has 2 aliphatic carbocycles. The van der Waals surface area contributed by atoms with Crippen LogP contribution >= 0.6 is 23.2 Å². The number of phenols is 1. The molecule has 0 bridgehead atoms. The molecule has 2 aromatic carbocycles. The van der Waals surface area contributed by atoms with E-state index in [2.05, 4.69) is 0 Å². The number of imide groups is 2. The fourth-order valence-electron chi connectivity index (χ4n) is 7.14. The number of alkyl halides is 8. The summed E-state index contributed by atoms with van der Waals surface area (Å²) in [5, 5.41) is 10.8. The molecule has 6 unspecified atom stereocenters. The standard InChI is InChI=1S/C29H20Cl2F6N2O5/c1-38-24(43)26(30)11-18-15(21(27(26,31)25(38)44)16-4-2-3-5-19(16)40)6-7-17-20(18)23(42)39(22(17)41)14-9-12(28(32,33)34)8-13(10-14)29(35,36)37/h2-6,8-10,17-18,20-21,40H,7,11H2,1H3. The number of anilines is 1. The molecule has 2 aromatic rings. The van der Waals surface area contributed by atoms with E-state index in [0.29, 0.717) is 22.6 Å². The number of likely N-dealkylation sites (tertiary alicyclic amines) is 1. The van der Waals surface area contributed by atoms with E-state index >= 15 is 0 Å². The van der Waals surface area contributed by atoms with Crippen LogP contribution in [0.2, 0.25) is 0 Å². The van der Waals surface area contributed by atoms with Crippen LogP contribution in [0.5, 0.6) is 5.75 Å². The SMILES string of the molecule is CN1C(=O)C2(Cl)CC3C(=CCC4C(=O)N(c5cc(C(F)(F)F)cc(C(F)(F)F)c5)C(=O)C43)C(c3ccccc3O)C2(Cl)C1=O. The Morgan fingerprint density at radius 3 is 2.02 bits per heavy atom. The Labute approximate surface area is 255 Å². The molecule has 0 aromatic heterocycles. The maximum absolute atomic E-state index is 14.0. The topological polar surface area (TPSA) is 95.0 Å². The van der Waals surface area contributed by atoms with Crippen LogP contribution in [-0.4, -0.2) is 50.4 Å². The summed E-state index contributed by atoms with van der Waals surface area (Å²) in [5.74, 6) is -9.18. The molecule has 7 nitrogen and oxygen atoms in total. The van der Waals surface area contributed by atoms with Gasteiger partial charge in [0.05, 0.1) is 28.7 Å². The van der Waals surface area contributed by atoms with Gasteiger partial charge in [0.15, 0.2) is 9.75 Å². The zero-order valence-corrected chi connectivity index (χ0v) is 23.9. The van der Waals surface area contributed by atoms with Gasteiger partial charge in [-0.25, -0.2) is 4.90 Å². The molecule has 0 spiro atoms. The van der Waals surface area contributed by atoms with Crippen LogP contribution in [0.15, 0.2) is 54.1 Å². The molecule has 3 fully saturated rings. The second kappa shape index (κ2) is 9.46. The summed E-state index contributed by atoms with van der Waals surface area (Å²) >= 11 is 14.0. The molecular formula is C29H20Cl2F6N2O5. The van der Waals surface area contributed by atoms with Gasteiger partial charge in [0, 0.05) is 18.5 Å². The van der Waals surface area contributed by atoms with Crippen molar-refractivity contribution in [1.29, 1.82) is 0 Å². The van der Waals surface area contributed by atoms with E-state index in [1.807, 2.05) is 0 Å². The highest BCUT2D eigenvalue weighted by atomic mass is 35.5. The summed E-state index contributed by atoms with van der Waals surface area (Å²) in [4.78, 5) is 51.2. The molecule has 2 saturated heterocycles. The number of halogens is 8. The maximum atomic E-state index is 14.0. The fraction of sp³-hybridized carbons (Fsp3) is 0.379. The molecule has 4 aliphatic rings. The molecule has 2 heterocycles. The van der Waals surface area contributed by atoms with Crippen molar-refractivity contribution in [2.75, 3.05) is 11.9 Å². The van der Waals surface area contributed by atoms with E-state index in [1.165, 1.54) is 30.3 Å². The van der Waals surface area contributed by atoms with Crippen LogP contribution < -0.4 is 4.90 Å². The van der Waals surface area contributed by atoms with Gasteiger partial charge in [-0.15, -0.1) is 23.2 Å². The number of allylic oxidation sites excluding steroid dienone is 2. The Hall–Kier alpha value is -3.58. The number of aromatic hydroxyl groups is 1. The molecule has 6 rings (SSSR count). The minimum atomic E-state index is -5.23. The summed E-state index contributed by atoms with van der Waals surface area (Å²) in [6.07, 6.45) is -9.58. The third-order valence-corrected chi connectivity index (χ3v) is 10.5. The van der Waals surface area contributed by atoms with Crippen LogP contribution in [-0.2, 0) is 31.5 Å². The highest BCUT2D eigenvalue weighted by Crippen LogP contribution is 2.66. The minimum Gasteiger partial charge on any atom is -0.508 e. The number of carbonyl (C=O) groups excluding carboxylic acids is 4. The lowest BCUT2D eigenvalue weighted by Crippen LogP contribution is -2.60. The molecule has 4 amide bonds. The molecule has 44 heavy (non-hydrogen) atoms. The van der Waals surface area contributed by atoms with Crippen LogP contribution in [0.1, 0.15) is 35.4 Å². The van der Waals surface area contributed by atoms with Gasteiger partial charge in [-0.1, -0.05) is 29.8 Å². The zero-order valence-electron chi connectivity index (χ0n) is 22.3. The van der Waals surface area contributed by atoms with E-state index in [4.69, 9.17) is 23.2 Å². The van der Waals surface area contributed by atoms with Crippen molar-refractivity contribution in [2.24, 2.45) is 17.8 Å². The summed E-state index contributed by atoms with van der Waals surface area (Å²) in [5.41, 5.74) is -3.94. The van der Waals surface area contributed by atoms with Gasteiger partial charge in [-0.05, 0) is 43.0 Å². The average Bonchev–Trinajstić information content (AvgIpc) is 3.27. The van der Waals surface area contributed by atoms with Crippen molar-refractivity contribution in [2.45, 2.75) is 40.9 Å². The lowest BCUT2D eigenvalue weighted by molar-refractivity contribution is -0.143. The van der Waals surface area contributed by atoms with E-state index in [9.17, 15) is 50.6 Å². The molecule has 1 saturated carbocycles. The van der Waals surface area contributed by atoms with Crippen molar-refractivity contribution in [3.8, 4) is 5.75 Å². The van der Waals surface area contributed by atoms with Crippen molar-refractivity contribution in [3.05, 3.63) is 70.8 Å². The Kier molecular flexibility index (Phi) is 6.55. The highest BCUT2D eigenvalue weighted by Gasteiger charge is 2.76. The molecule has 6 atom stereocenters. The number of hydrogen-bond donors (Lipinski definition) is 1. The number of amides is 4. The van der Waals surface area contributed by atoms with Gasteiger partial charge in [-0.3, -0.25) is 24.1 Å². The lowest BCUT2D eigenvalue weighted by Gasteiger charge is -2.50. The molecule has 1 N–H and O–H groups in total. The quantitative estimate of drug-likeness (QED) is 0.195. The van der Waals surface area contributed by atoms with Crippen LogP contribution in [0.25, 0.3) is 0 Å². The number of fused-ring (bicyclic) bond motifs is 4.